The fourth-order valence-corrected chi connectivity index (χ4v) is 8.11. The molecule has 0 N–H and O–H groups in total. The Labute approximate surface area is 202 Å². The molecule has 3 aromatic rings. The first kappa shape index (κ1) is 24.6. The maximum atomic E-state index is 13.2. The minimum atomic E-state index is -4.02. The Morgan fingerprint density at radius 2 is 1.71 bits per heavy atom. The van der Waals surface area contributed by atoms with E-state index in [1.807, 2.05) is 29.8 Å². The molecule has 1 aromatic heterocycles. The molecule has 182 valence electrons. The molecule has 4 rings (SSSR count). The zero-order chi connectivity index (χ0) is 24.7. The van der Waals surface area contributed by atoms with E-state index < -0.39 is 25.8 Å². The maximum absolute atomic E-state index is 13.2. The van der Waals surface area contributed by atoms with E-state index in [1.165, 1.54) is 39.9 Å². The van der Waals surface area contributed by atoms with E-state index in [-0.39, 0.29) is 28.8 Å². The van der Waals surface area contributed by atoms with Crippen molar-refractivity contribution >= 4 is 47.3 Å². The van der Waals surface area contributed by atoms with E-state index in [2.05, 4.69) is 4.99 Å². The number of hydrogen-bond acceptors (Lipinski definition) is 7. The number of hydrogen-bond donors (Lipinski definition) is 0. The number of piperidine rings is 1. The van der Waals surface area contributed by atoms with Crippen LogP contribution in [-0.4, -0.2) is 58.1 Å². The first-order valence-corrected chi connectivity index (χ1v) is 14.7. The van der Waals surface area contributed by atoms with Crippen LogP contribution in [-0.2, 0) is 31.7 Å². The molecular formula is C22H25N3O6S3. The number of ether oxygens (including phenoxy) is 1. The summed E-state index contributed by atoms with van der Waals surface area (Å²) in [5, 5.41) is 0. The number of benzene rings is 2. The minimum Gasteiger partial charge on any atom is -0.497 e. The minimum absolute atomic E-state index is 0.113. The lowest BCUT2D eigenvalue weighted by Crippen LogP contribution is -2.40. The van der Waals surface area contributed by atoms with Crippen molar-refractivity contribution in [3.05, 3.63) is 47.3 Å². The van der Waals surface area contributed by atoms with Crippen LogP contribution in [0.2, 0.25) is 0 Å². The number of fused-ring (bicyclic) bond motifs is 1. The molecule has 0 aliphatic carbocycles. The molecule has 2 aromatic carbocycles. The normalized spacial score (nSPS) is 16.7. The zero-order valence-electron chi connectivity index (χ0n) is 19.0. The maximum Gasteiger partial charge on any atom is 0.251 e. The SMILES string of the molecule is COc1ccc2c(c1)sc(=NC(=O)C1CCN(S(=O)(=O)c3ccccc3S(C)(=O)=O)CC1)n2C. The van der Waals surface area contributed by atoms with Gasteiger partial charge in [-0.1, -0.05) is 23.5 Å². The molecular weight excluding hydrogens is 498 g/mol. The third-order valence-electron chi connectivity index (χ3n) is 5.89. The summed E-state index contributed by atoms with van der Waals surface area (Å²) in [6.45, 7) is 0.226. The fraction of sp³-hybridized carbons (Fsp3) is 0.364. The quantitative estimate of drug-likeness (QED) is 0.506. The van der Waals surface area contributed by atoms with E-state index in [4.69, 9.17) is 4.74 Å². The number of aryl methyl sites for hydroxylation is 1. The molecule has 1 aliphatic heterocycles. The standard InChI is InChI=1S/C22H25N3O6S3/c1-24-17-9-8-16(31-2)14-18(17)32-22(24)23-21(26)15-10-12-25(13-11-15)34(29,30)20-7-5-4-6-19(20)33(3,27)28/h4-9,14-15H,10-13H2,1-3H3. The van der Waals surface area contributed by atoms with E-state index in [1.54, 1.807) is 7.11 Å². The first-order chi connectivity index (χ1) is 16.0. The number of rotatable bonds is 5. The van der Waals surface area contributed by atoms with Crippen LogP contribution in [0.3, 0.4) is 0 Å². The van der Waals surface area contributed by atoms with Gasteiger partial charge < -0.3 is 9.30 Å². The number of amides is 1. The number of aromatic nitrogens is 1. The Bertz CT molecular complexity index is 1530. The highest BCUT2D eigenvalue weighted by Crippen LogP contribution is 2.28. The van der Waals surface area contributed by atoms with Crippen LogP contribution in [0.15, 0.2) is 57.2 Å². The summed E-state index contributed by atoms with van der Waals surface area (Å²) in [5.74, 6) is 0.0253. The van der Waals surface area contributed by atoms with Gasteiger partial charge in [-0.2, -0.15) is 9.30 Å². The van der Waals surface area contributed by atoms with Crippen LogP contribution in [0.1, 0.15) is 12.8 Å². The molecule has 9 nitrogen and oxygen atoms in total. The van der Waals surface area contributed by atoms with Crippen LogP contribution in [0.25, 0.3) is 10.2 Å². The number of thiazole rings is 1. The van der Waals surface area contributed by atoms with Gasteiger partial charge in [-0.15, -0.1) is 0 Å². The Hall–Kier alpha value is -2.54. The second kappa shape index (κ2) is 9.25. The molecule has 1 saturated heterocycles. The predicted molar refractivity (Wildman–Crippen MR) is 129 cm³/mol. The van der Waals surface area contributed by atoms with Gasteiger partial charge in [0.15, 0.2) is 14.6 Å². The van der Waals surface area contributed by atoms with Crippen LogP contribution in [0.5, 0.6) is 5.75 Å². The van der Waals surface area contributed by atoms with Gasteiger partial charge in [0.25, 0.3) is 5.91 Å². The Kier molecular flexibility index (Phi) is 6.69. The van der Waals surface area contributed by atoms with Gasteiger partial charge in [0.05, 0.1) is 22.2 Å². The Morgan fingerprint density at radius 1 is 1.06 bits per heavy atom. The average molecular weight is 524 g/mol. The number of carbonyl (C=O) groups is 1. The second-order valence-electron chi connectivity index (χ2n) is 8.12. The van der Waals surface area contributed by atoms with Crippen LogP contribution in [0.4, 0.5) is 0 Å². The monoisotopic (exact) mass is 523 g/mol. The molecule has 0 unspecified atom stereocenters. The molecule has 1 fully saturated rings. The summed E-state index contributed by atoms with van der Waals surface area (Å²) in [6.07, 6.45) is 1.61. The molecule has 0 bridgehead atoms. The van der Waals surface area contributed by atoms with Gasteiger partial charge in [-0.25, -0.2) is 16.8 Å². The van der Waals surface area contributed by atoms with Gasteiger partial charge in [-0.05, 0) is 43.2 Å². The van der Waals surface area contributed by atoms with Crippen molar-refractivity contribution in [3.63, 3.8) is 0 Å². The molecule has 0 atom stereocenters. The highest BCUT2D eigenvalue weighted by molar-refractivity contribution is 7.93. The lowest BCUT2D eigenvalue weighted by Gasteiger charge is -2.30. The molecule has 0 spiro atoms. The summed E-state index contributed by atoms with van der Waals surface area (Å²) in [7, 11) is -4.30. The first-order valence-electron chi connectivity index (χ1n) is 10.5. The van der Waals surface area contributed by atoms with Crippen molar-refractivity contribution in [1.82, 2.24) is 8.87 Å². The van der Waals surface area contributed by atoms with Crippen molar-refractivity contribution in [2.45, 2.75) is 22.6 Å². The lowest BCUT2D eigenvalue weighted by atomic mass is 9.98. The van der Waals surface area contributed by atoms with E-state index in [0.717, 1.165) is 22.2 Å². The summed E-state index contributed by atoms with van der Waals surface area (Å²) < 4.78 is 59.8. The third-order valence-corrected chi connectivity index (χ3v) is 10.2. The van der Waals surface area contributed by atoms with Gasteiger partial charge in [-0.3, -0.25) is 4.79 Å². The highest BCUT2D eigenvalue weighted by Gasteiger charge is 2.34. The van der Waals surface area contributed by atoms with Crippen LogP contribution in [0, 0.1) is 5.92 Å². The topological polar surface area (TPSA) is 115 Å². The lowest BCUT2D eigenvalue weighted by molar-refractivity contribution is -0.122. The smallest absolute Gasteiger partial charge is 0.251 e. The van der Waals surface area contributed by atoms with Crippen LogP contribution < -0.4 is 9.54 Å². The van der Waals surface area contributed by atoms with Crippen molar-refractivity contribution in [3.8, 4) is 5.75 Å². The van der Waals surface area contributed by atoms with Crippen molar-refractivity contribution in [2.24, 2.45) is 18.0 Å². The van der Waals surface area contributed by atoms with Crippen molar-refractivity contribution in [1.29, 1.82) is 0 Å². The van der Waals surface area contributed by atoms with E-state index >= 15 is 0 Å². The largest absolute Gasteiger partial charge is 0.497 e. The highest BCUT2D eigenvalue weighted by atomic mass is 32.2. The van der Waals surface area contributed by atoms with Gasteiger partial charge in [0.1, 0.15) is 10.6 Å². The summed E-state index contributed by atoms with van der Waals surface area (Å²) in [4.78, 5) is 17.3. The molecule has 1 amide bonds. The molecule has 34 heavy (non-hydrogen) atoms. The van der Waals surface area contributed by atoms with E-state index in [0.29, 0.717) is 17.6 Å². The average Bonchev–Trinajstić information content (AvgIpc) is 3.12. The van der Waals surface area contributed by atoms with Crippen LogP contribution >= 0.6 is 11.3 Å². The molecule has 0 saturated carbocycles. The third kappa shape index (κ3) is 4.67. The Balaban J connectivity index is 1.53. The van der Waals surface area contributed by atoms with E-state index in [9.17, 15) is 21.6 Å². The molecule has 1 aliphatic rings. The zero-order valence-corrected chi connectivity index (χ0v) is 21.4. The molecule has 12 heteroatoms. The molecule has 2 heterocycles. The summed E-state index contributed by atoms with van der Waals surface area (Å²) >= 11 is 1.38. The Morgan fingerprint density at radius 3 is 2.32 bits per heavy atom. The number of sulfonamides is 1. The number of sulfone groups is 1. The number of nitrogens with zero attached hydrogens (tertiary/aromatic N) is 3. The number of methoxy groups -OCH3 is 1. The van der Waals surface area contributed by atoms with Gasteiger partial charge >= 0.3 is 0 Å². The second-order valence-corrected chi connectivity index (χ2v) is 13.0. The predicted octanol–water partition coefficient (Wildman–Crippen LogP) is 2.18. The van der Waals surface area contributed by atoms with Gasteiger partial charge in [0.2, 0.25) is 10.0 Å². The summed E-state index contributed by atoms with van der Waals surface area (Å²) in [5.41, 5.74) is 0.933. The molecule has 0 radical (unpaired) electrons. The summed E-state index contributed by atoms with van der Waals surface area (Å²) in [6, 6.07) is 11.2. The fourth-order valence-electron chi connectivity index (χ4n) is 3.99. The van der Waals surface area contributed by atoms with Crippen molar-refractivity contribution < 1.29 is 26.4 Å². The number of carbonyl (C=O) groups excluding carboxylic acids is 1. The van der Waals surface area contributed by atoms with Gasteiger partial charge in [0, 0.05) is 32.3 Å². The van der Waals surface area contributed by atoms with Crippen molar-refractivity contribution in [2.75, 3.05) is 26.5 Å².